The first-order chi connectivity index (χ1) is 9.25. The quantitative estimate of drug-likeness (QED) is 0.753. The lowest BCUT2D eigenvalue weighted by Crippen LogP contribution is -2.40. The van der Waals surface area contributed by atoms with Gasteiger partial charge in [-0.25, -0.2) is 13.1 Å². The molecule has 0 saturated heterocycles. The van der Waals surface area contributed by atoms with Crippen LogP contribution in [0.2, 0.25) is 0 Å². The Balaban J connectivity index is 2.86. The minimum Gasteiger partial charge on any atom is -0.390 e. The van der Waals surface area contributed by atoms with Crippen molar-refractivity contribution in [2.45, 2.75) is 51.3 Å². The van der Waals surface area contributed by atoms with Crippen LogP contribution in [0.25, 0.3) is 0 Å². The minimum absolute atomic E-state index is 0.163. The molecule has 0 unspecified atom stereocenters. The molecule has 20 heavy (non-hydrogen) atoms. The Kier molecular flexibility index (Phi) is 5.76. The molecule has 1 aromatic rings. The number of ether oxygens (including phenoxy) is 1. The summed E-state index contributed by atoms with van der Waals surface area (Å²) in [7, 11) is -3.60. The number of hydrogen-bond acceptors (Lipinski definition) is 4. The molecule has 116 valence electrons. The first-order valence-electron chi connectivity index (χ1n) is 6.69. The standard InChI is InChI=1S/C13H24N2O4S/c1-5-15-8-12(7-11(15)9-16)20(17,18)14-10-13(3,4)19-6-2/h7-8,14,16H,5-6,9-10H2,1-4H3. The number of aryl methyl sites for hydroxylation is 1. The highest BCUT2D eigenvalue weighted by Crippen LogP contribution is 2.16. The molecule has 0 amide bonds. The van der Waals surface area contributed by atoms with Crippen LogP contribution >= 0.6 is 0 Å². The van der Waals surface area contributed by atoms with Gasteiger partial charge in [0.15, 0.2) is 0 Å². The average Bonchev–Trinajstić information content (AvgIpc) is 2.80. The SMILES string of the molecule is CCOC(C)(C)CNS(=O)(=O)c1cc(CO)n(CC)c1. The average molecular weight is 304 g/mol. The van der Waals surface area contributed by atoms with Crippen LogP contribution in [-0.4, -0.2) is 36.8 Å². The molecular weight excluding hydrogens is 280 g/mol. The monoisotopic (exact) mass is 304 g/mol. The third-order valence-corrected chi connectivity index (χ3v) is 4.37. The van der Waals surface area contributed by atoms with Crippen LogP contribution in [0.4, 0.5) is 0 Å². The zero-order valence-electron chi connectivity index (χ0n) is 12.5. The number of rotatable bonds is 8. The van der Waals surface area contributed by atoms with Gasteiger partial charge in [0, 0.05) is 31.6 Å². The van der Waals surface area contributed by atoms with Crippen molar-refractivity contribution in [3.8, 4) is 0 Å². The van der Waals surface area contributed by atoms with Crippen LogP contribution in [0.1, 0.15) is 33.4 Å². The lowest BCUT2D eigenvalue weighted by molar-refractivity contribution is -0.00515. The largest absolute Gasteiger partial charge is 0.390 e. The van der Waals surface area contributed by atoms with Gasteiger partial charge in [-0.15, -0.1) is 0 Å². The van der Waals surface area contributed by atoms with E-state index in [1.807, 2.05) is 27.7 Å². The molecule has 0 radical (unpaired) electrons. The molecule has 0 fully saturated rings. The molecule has 6 nitrogen and oxygen atoms in total. The van der Waals surface area contributed by atoms with E-state index in [1.54, 1.807) is 4.57 Å². The van der Waals surface area contributed by atoms with Gasteiger partial charge in [-0.05, 0) is 33.8 Å². The highest BCUT2D eigenvalue weighted by atomic mass is 32.2. The number of aliphatic hydroxyl groups excluding tert-OH is 1. The van der Waals surface area contributed by atoms with Crippen LogP contribution in [0, 0.1) is 0 Å². The Morgan fingerprint density at radius 3 is 2.50 bits per heavy atom. The summed E-state index contributed by atoms with van der Waals surface area (Å²) < 4.78 is 34.1. The molecule has 0 bridgehead atoms. The van der Waals surface area contributed by atoms with Crippen molar-refractivity contribution in [3.63, 3.8) is 0 Å². The van der Waals surface area contributed by atoms with Crippen LogP contribution in [0.5, 0.6) is 0 Å². The van der Waals surface area contributed by atoms with Gasteiger partial charge >= 0.3 is 0 Å². The number of nitrogens with zero attached hydrogens (tertiary/aromatic N) is 1. The third-order valence-electron chi connectivity index (χ3n) is 3.00. The number of aromatic nitrogens is 1. The van der Waals surface area contributed by atoms with E-state index >= 15 is 0 Å². The second-order valence-electron chi connectivity index (χ2n) is 5.13. The van der Waals surface area contributed by atoms with E-state index in [-0.39, 0.29) is 18.0 Å². The number of aliphatic hydroxyl groups is 1. The van der Waals surface area contributed by atoms with Gasteiger partial charge in [0.1, 0.15) is 0 Å². The summed E-state index contributed by atoms with van der Waals surface area (Å²) in [4.78, 5) is 0.163. The van der Waals surface area contributed by atoms with Crippen molar-refractivity contribution in [2.75, 3.05) is 13.2 Å². The molecule has 1 rings (SSSR count). The smallest absolute Gasteiger partial charge is 0.242 e. The summed E-state index contributed by atoms with van der Waals surface area (Å²) in [5.74, 6) is 0. The van der Waals surface area contributed by atoms with Crippen molar-refractivity contribution >= 4 is 10.0 Å². The van der Waals surface area contributed by atoms with Crippen molar-refractivity contribution in [1.29, 1.82) is 0 Å². The van der Waals surface area contributed by atoms with Gasteiger partial charge < -0.3 is 14.4 Å². The summed E-state index contributed by atoms with van der Waals surface area (Å²) >= 11 is 0. The van der Waals surface area contributed by atoms with Gasteiger partial charge in [-0.1, -0.05) is 0 Å². The molecule has 0 spiro atoms. The summed E-state index contributed by atoms with van der Waals surface area (Å²) in [6.45, 7) is 8.55. The Hall–Kier alpha value is -0.890. The van der Waals surface area contributed by atoms with E-state index in [1.165, 1.54) is 12.3 Å². The molecule has 0 atom stereocenters. The number of nitrogens with one attached hydrogen (secondary N) is 1. The van der Waals surface area contributed by atoms with E-state index < -0.39 is 15.6 Å². The molecular formula is C13H24N2O4S. The first-order valence-corrected chi connectivity index (χ1v) is 8.17. The van der Waals surface area contributed by atoms with E-state index in [9.17, 15) is 13.5 Å². The topological polar surface area (TPSA) is 80.6 Å². The summed E-state index contributed by atoms with van der Waals surface area (Å²) in [5.41, 5.74) is 0.0199. The summed E-state index contributed by atoms with van der Waals surface area (Å²) in [6.07, 6.45) is 1.53. The van der Waals surface area contributed by atoms with E-state index in [0.717, 1.165) is 0 Å². The maximum absolute atomic E-state index is 12.2. The predicted molar refractivity (Wildman–Crippen MR) is 76.9 cm³/mol. The Morgan fingerprint density at radius 2 is 2.05 bits per heavy atom. The molecule has 0 aliphatic heterocycles. The molecule has 0 aromatic carbocycles. The molecule has 7 heteroatoms. The first kappa shape index (κ1) is 17.2. The summed E-state index contributed by atoms with van der Waals surface area (Å²) in [5, 5.41) is 9.20. The van der Waals surface area contributed by atoms with Crippen LogP contribution < -0.4 is 4.72 Å². The zero-order chi connectivity index (χ0) is 15.4. The van der Waals surface area contributed by atoms with E-state index in [4.69, 9.17) is 4.74 Å². The van der Waals surface area contributed by atoms with Gasteiger partial charge in [0.05, 0.1) is 17.1 Å². The Labute approximate surface area is 120 Å². The number of hydrogen-bond donors (Lipinski definition) is 2. The normalized spacial score (nSPS) is 12.8. The molecule has 0 saturated carbocycles. The predicted octanol–water partition coefficient (Wildman–Crippen LogP) is 1.09. The summed E-state index contributed by atoms with van der Waals surface area (Å²) in [6, 6.07) is 1.49. The second-order valence-corrected chi connectivity index (χ2v) is 6.90. The molecule has 1 aromatic heterocycles. The van der Waals surface area contributed by atoms with E-state index in [0.29, 0.717) is 18.8 Å². The number of sulfonamides is 1. The molecule has 0 aliphatic rings. The molecule has 2 N–H and O–H groups in total. The minimum atomic E-state index is -3.60. The fourth-order valence-corrected chi connectivity index (χ4v) is 3.15. The molecule has 1 heterocycles. The zero-order valence-corrected chi connectivity index (χ0v) is 13.3. The van der Waals surface area contributed by atoms with Crippen molar-refractivity contribution in [2.24, 2.45) is 0 Å². The van der Waals surface area contributed by atoms with Gasteiger partial charge in [0.2, 0.25) is 10.0 Å². The lowest BCUT2D eigenvalue weighted by Gasteiger charge is -2.24. The highest BCUT2D eigenvalue weighted by molar-refractivity contribution is 7.89. The van der Waals surface area contributed by atoms with Crippen molar-refractivity contribution in [1.82, 2.24) is 9.29 Å². The molecule has 0 aliphatic carbocycles. The maximum Gasteiger partial charge on any atom is 0.242 e. The van der Waals surface area contributed by atoms with Gasteiger partial charge in [-0.3, -0.25) is 0 Å². The lowest BCUT2D eigenvalue weighted by atomic mass is 10.1. The third kappa shape index (κ3) is 4.31. The van der Waals surface area contributed by atoms with E-state index in [2.05, 4.69) is 4.72 Å². The van der Waals surface area contributed by atoms with Gasteiger partial charge in [0.25, 0.3) is 0 Å². The fraction of sp³-hybridized carbons (Fsp3) is 0.692. The van der Waals surface area contributed by atoms with Crippen LogP contribution in [0.3, 0.4) is 0 Å². The highest BCUT2D eigenvalue weighted by Gasteiger charge is 2.23. The van der Waals surface area contributed by atoms with Crippen molar-refractivity contribution < 1.29 is 18.3 Å². The van der Waals surface area contributed by atoms with Crippen LogP contribution in [-0.2, 0) is 27.9 Å². The van der Waals surface area contributed by atoms with Crippen molar-refractivity contribution in [3.05, 3.63) is 18.0 Å². The Bertz CT molecular complexity index is 513. The van der Waals surface area contributed by atoms with Crippen LogP contribution in [0.15, 0.2) is 17.2 Å². The maximum atomic E-state index is 12.2. The Morgan fingerprint density at radius 1 is 1.40 bits per heavy atom. The van der Waals surface area contributed by atoms with Gasteiger partial charge in [-0.2, -0.15) is 0 Å². The fourth-order valence-electron chi connectivity index (χ4n) is 1.89. The second kappa shape index (κ2) is 6.71.